The molecule has 1 saturated heterocycles. The van der Waals surface area contributed by atoms with Crippen LogP contribution in [0.2, 0.25) is 0 Å². The van der Waals surface area contributed by atoms with Crippen LogP contribution >= 0.6 is 0 Å². The summed E-state index contributed by atoms with van der Waals surface area (Å²) in [5.74, 6) is 2.29. The van der Waals surface area contributed by atoms with Gasteiger partial charge in [-0.15, -0.1) is 0 Å². The van der Waals surface area contributed by atoms with Crippen LogP contribution in [0.25, 0.3) is 0 Å². The molecule has 2 aromatic rings. The van der Waals surface area contributed by atoms with Crippen molar-refractivity contribution in [1.82, 2.24) is 14.9 Å². The van der Waals surface area contributed by atoms with Gasteiger partial charge in [0.25, 0.3) is 0 Å². The van der Waals surface area contributed by atoms with Crippen LogP contribution in [0.3, 0.4) is 0 Å². The number of hydrogen-bond acceptors (Lipinski definition) is 5. The molecule has 1 aliphatic rings. The van der Waals surface area contributed by atoms with Crippen molar-refractivity contribution in [3.05, 3.63) is 42.4 Å². The third-order valence-electron chi connectivity index (χ3n) is 3.98. The predicted octanol–water partition coefficient (Wildman–Crippen LogP) is 3.09. The van der Waals surface area contributed by atoms with Crippen molar-refractivity contribution in [3.8, 4) is 17.4 Å². The van der Waals surface area contributed by atoms with Gasteiger partial charge in [-0.05, 0) is 38.6 Å². The second-order valence-corrected chi connectivity index (χ2v) is 5.60. The number of benzene rings is 1. The van der Waals surface area contributed by atoms with Crippen LogP contribution in [0.5, 0.6) is 17.4 Å². The molecule has 0 saturated carbocycles. The van der Waals surface area contributed by atoms with Gasteiger partial charge in [0.15, 0.2) is 11.5 Å². The number of piperidine rings is 1. The van der Waals surface area contributed by atoms with E-state index in [1.165, 1.54) is 6.42 Å². The van der Waals surface area contributed by atoms with Gasteiger partial charge in [-0.3, -0.25) is 4.98 Å². The highest BCUT2D eigenvalue weighted by Crippen LogP contribution is 2.35. The Hall–Kier alpha value is -2.14. The monoisotopic (exact) mass is 299 g/mol. The van der Waals surface area contributed by atoms with Crippen molar-refractivity contribution in [2.45, 2.75) is 18.8 Å². The molecule has 1 aliphatic heterocycles. The second kappa shape index (κ2) is 6.75. The number of aromatic nitrogens is 2. The summed E-state index contributed by atoms with van der Waals surface area (Å²) in [6, 6.07) is 7.59. The number of likely N-dealkylation sites (N-methyl/N-ethyl adjacent to an activating group) is 1. The standard InChI is InChI=1S/C17H21N3O2/c1-20-11-5-6-13(12-20)16-17(19-10-9-18-16)22-15-8-4-3-7-14(15)21-2/h3-4,7-10,13H,5-6,11-12H2,1-2H3/t13-/m1/s1. The Morgan fingerprint density at radius 3 is 2.68 bits per heavy atom. The second-order valence-electron chi connectivity index (χ2n) is 5.60. The van der Waals surface area contributed by atoms with Crippen molar-refractivity contribution in [3.63, 3.8) is 0 Å². The fraction of sp³-hybridized carbons (Fsp3) is 0.412. The van der Waals surface area contributed by atoms with Crippen LogP contribution in [-0.2, 0) is 0 Å². The number of hydrogen-bond donors (Lipinski definition) is 0. The number of rotatable bonds is 4. The van der Waals surface area contributed by atoms with Crippen molar-refractivity contribution in [2.24, 2.45) is 0 Å². The van der Waals surface area contributed by atoms with E-state index in [-0.39, 0.29) is 0 Å². The molecule has 3 rings (SSSR count). The molecule has 0 amide bonds. The molecule has 0 unspecified atom stereocenters. The Labute approximate surface area is 130 Å². The first-order valence-corrected chi connectivity index (χ1v) is 7.58. The summed E-state index contributed by atoms with van der Waals surface area (Å²) in [7, 11) is 3.78. The zero-order valence-electron chi connectivity index (χ0n) is 13.0. The maximum atomic E-state index is 6.00. The Kier molecular flexibility index (Phi) is 4.53. The lowest BCUT2D eigenvalue weighted by Crippen LogP contribution is -2.31. The maximum absolute atomic E-state index is 6.00. The minimum absolute atomic E-state index is 0.358. The lowest BCUT2D eigenvalue weighted by atomic mass is 9.95. The highest BCUT2D eigenvalue weighted by molar-refractivity contribution is 5.42. The summed E-state index contributed by atoms with van der Waals surface area (Å²) < 4.78 is 11.3. The molecule has 1 aromatic heterocycles. The zero-order valence-corrected chi connectivity index (χ0v) is 13.0. The summed E-state index contributed by atoms with van der Waals surface area (Å²) >= 11 is 0. The van der Waals surface area contributed by atoms with E-state index in [9.17, 15) is 0 Å². The van der Waals surface area contributed by atoms with Gasteiger partial charge >= 0.3 is 0 Å². The summed E-state index contributed by atoms with van der Waals surface area (Å²) in [6.45, 7) is 2.13. The maximum Gasteiger partial charge on any atom is 0.241 e. The van der Waals surface area contributed by atoms with E-state index in [2.05, 4.69) is 21.9 Å². The molecule has 1 atom stereocenters. The molecule has 0 N–H and O–H groups in total. The third-order valence-corrected chi connectivity index (χ3v) is 3.98. The lowest BCUT2D eigenvalue weighted by molar-refractivity contribution is 0.245. The Morgan fingerprint density at radius 1 is 1.14 bits per heavy atom. The van der Waals surface area contributed by atoms with Gasteiger partial charge < -0.3 is 14.4 Å². The Balaban J connectivity index is 1.88. The third kappa shape index (κ3) is 3.20. The smallest absolute Gasteiger partial charge is 0.241 e. The van der Waals surface area contributed by atoms with Gasteiger partial charge in [-0.2, -0.15) is 0 Å². The molecule has 1 fully saturated rings. The van der Waals surface area contributed by atoms with E-state index in [1.807, 2.05) is 24.3 Å². The quantitative estimate of drug-likeness (QED) is 0.868. The summed E-state index contributed by atoms with van der Waals surface area (Å²) in [6.07, 6.45) is 5.69. The predicted molar refractivity (Wildman–Crippen MR) is 84.6 cm³/mol. The topological polar surface area (TPSA) is 47.5 Å². The van der Waals surface area contributed by atoms with E-state index in [4.69, 9.17) is 9.47 Å². The molecular weight excluding hydrogens is 278 g/mol. The average Bonchev–Trinajstić information content (AvgIpc) is 2.56. The molecular formula is C17H21N3O2. The minimum atomic E-state index is 0.358. The Morgan fingerprint density at radius 2 is 1.91 bits per heavy atom. The number of likely N-dealkylation sites (tertiary alicyclic amines) is 1. The first-order valence-electron chi connectivity index (χ1n) is 7.58. The van der Waals surface area contributed by atoms with E-state index in [1.54, 1.807) is 19.5 Å². The first kappa shape index (κ1) is 14.8. The average molecular weight is 299 g/mol. The molecule has 1 aromatic carbocycles. The summed E-state index contributed by atoms with van der Waals surface area (Å²) in [5, 5.41) is 0. The van der Waals surface area contributed by atoms with Crippen molar-refractivity contribution in [1.29, 1.82) is 0 Å². The van der Waals surface area contributed by atoms with Crippen LogP contribution < -0.4 is 9.47 Å². The minimum Gasteiger partial charge on any atom is -0.493 e. The normalized spacial score (nSPS) is 18.9. The number of ether oxygens (including phenoxy) is 2. The number of nitrogens with zero attached hydrogens (tertiary/aromatic N) is 3. The summed E-state index contributed by atoms with van der Waals surface area (Å²) in [5.41, 5.74) is 0.931. The highest BCUT2D eigenvalue weighted by atomic mass is 16.5. The zero-order chi connectivity index (χ0) is 15.4. The molecule has 5 heteroatoms. The SMILES string of the molecule is COc1ccccc1Oc1nccnc1[C@@H]1CCCN(C)C1. The van der Waals surface area contributed by atoms with Crippen LogP contribution in [0.1, 0.15) is 24.5 Å². The Bertz CT molecular complexity index is 633. The van der Waals surface area contributed by atoms with Crippen LogP contribution in [0.15, 0.2) is 36.7 Å². The van der Waals surface area contributed by atoms with E-state index < -0.39 is 0 Å². The van der Waals surface area contributed by atoms with E-state index >= 15 is 0 Å². The molecule has 0 spiro atoms. The van der Waals surface area contributed by atoms with Gasteiger partial charge in [0.2, 0.25) is 5.88 Å². The van der Waals surface area contributed by atoms with E-state index in [0.29, 0.717) is 23.3 Å². The summed E-state index contributed by atoms with van der Waals surface area (Å²) in [4.78, 5) is 11.3. The molecule has 0 radical (unpaired) electrons. The highest BCUT2D eigenvalue weighted by Gasteiger charge is 2.24. The molecule has 2 heterocycles. The molecule has 0 bridgehead atoms. The number of methoxy groups -OCH3 is 1. The van der Waals surface area contributed by atoms with Crippen LogP contribution in [0.4, 0.5) is 0 Å². The van der Waals surface area contributed by atoms with Crippen LogP contribution in [-0.4, -0.2) is 42.1 Å². The van der Waals surface area contributed by atoms with Gasteiger partial charge in [-0.25, -0.2) is 4.98 Å². The van der Waals surface area contributed by atoms with Gasteiger partial charge in [0.1, 0.15) is 5.69 Å². The van der Waals surface area contributed by atoms with Crippen molar-refractivity contribution in [2.75, 3.05) is 27.2 Å². The fourth-order valence-corrected chi connectivity index (χ4v) is 2.89. The molecule has 116 valence electrons. The fourth-order valence-electron chi connectivity index (χ4n) is 2.89. The largest absolute Gasteiger partial charge is 0.493 e. The number of para-hydroxylation sites is 2. The van der Waals surface area contributed by atoms with Crippen molar-refractivity contribution < 1.29 is 9.47 Å². The molecule has 5 nitrogen and oxygen atoms in total. The molecule has 22 heavy (non-hydrogen) atoms. The molecule has 0 aliphatic carbocycles. The lowest BCUT2D eigenvalue weighted by Gasteiger charge is -2.29. The van der Waals surface area contributed by atoms with Gasteiger partial charge in [-0.1, -0.05) is 12.1 Å². The van der Waals surface area contributed by atoms with Crippen molar-refractivity contribution >= 4 is 0 Å². The van der Waals surface area contributed by atoms with Crippen LogP contribution in [0, 0.1) is 0 Å². The first-order chi connectivity index (χ1) is 10.8. The van der Waals surface area contributed by atoms with E-state index in [0.717, 1.165) is 25.2 Å². The van der Waals surface area contributed by atoms with Gasteiger partial charge in [0, 0.05) is 24.9 Å². The van der Waals surface area contributed by atoms with Gasteiger partial charge in [0.05, 0.1) is 7.11 Å².